The lowest BCUT2D eigenvalue weighted by atomic mass is 10.1. The van der Waals surface area contributed by atoms with Gasteiger partial charge in [-0.05, 0) is 43.2 Å². The summed E-state index contributed by atoms with van der Waals surface area (Å²) in [4.78, 5) is 13.9. The van der Waals surface area contributed by atoms with Gasteiger partial charge in [-0.15, -0.1) is 0 Å². The van der Waals surface area contributed by atoms with Crippen molar-refractivity contribution in [3.8, 4) is 5.75 Å². The number of hydrogen-bond donors (Lipinski definition) is 0. The maximum atomic E-state index is 5.53. The number of rotatable bonds is 5. The summed E-state index contributed by atoms with van der Waals surface area (Å²) < 4.78 is 5.53. The summed E-state index contributed by atoms with van der Waals surface area (Å²) in [5, 5.41) is 1.15. The molecule has 0 atom stereocenters. The van der Waals surface area contributed by atoms with Gasteiger partial charge in [0.05, 0.1) is 12.1 Å². The van der Waals surface area contributed by atoms with Gasteiger partial charge in [0.15, 0.2) is 0 Å². The number of fused-ring (bicyclic) bond motifs is 1. The number of hydrogen-bond acceptors (Lipinski definition) is 5. The Hall–Kier alpha value is -2.66. The predicted molar refractivity (Wildman–Crippen MR) is 109 cm³/mol. The Morgan fingerprint density at radius 2 is 1.74 bits per heavy atom. The number of nitrogens with zero attached hydrogens (tertiary/aromatic N) is 4. The fourth-order valence-corrected chi connectivity index (χ4v) is 3.71. The molecule has 1 saturated heterocycles. The number of ether oxygens (including phenoxy) is 1. The number of para-hydroxylation sites is 1. The zero-order valence-electron chi connectivity index (χ0n) is 16.1. The number of benzene rings is 2. The number of anilines is 1. The Morgan fingerprint density at radius 3 is 2.48 bits per heavy atom. The second-order valence-corrected chi connectivity index (χ2v) is 7.01. The molecule has 0 aliphatic carbocycles. The molecule has 0 amide bonds. The van der Waals surface area contributed by atoms with E-state index in [2.05, 4.69) is 69.2 Å². The lowest BCUT2D eigenvalue weighted by Crippen LogP contribution is -2.46. The van der Waals surface area contributed by atoms with Crippen LogP contribution in [0.4, 0.5) is 5.82 Å². The van der Waals surface area contributed by atoms with E-state index in [9.17, 15) is 0 Å². The van der Waals surface area contributed by atoms with E-state index in [0.717, 1.165) is 55.2 Å². The van der Waals surface area contributed by atoms with Gasteiger partial charge in [-0.2, -0.15) is 0 Å². The maximum absolute atomic E-state index is 5.53. The Kier molecular flexibility index (Phi) is 5.21. The van der Waals surface area contributed by atoms with Gasteiger partial charge in [0.2, 0.25) is 0 Å². The molecule has 1 aliphatic heterocycles. The molecule has 0 bridgehead atoms. The third-order valence-corrected chi connectivity index (χ3v) is 5.16. The van der Waals surface area contributed by atoms with Gasteiger partial charge in [0.1, 0.15) is 17.9 Å². The van der Waals surface area contributed by atoms with Gasteiger partial charge in [-0.25, -0.2) is 9.97 Å². The average Bonchev–Trinajstić information content (AvgIpc) is 2.70. The van der Waals surface area contributed by atoms with Crippen molar-refractivity contribution in [2.45, 2.75) is 20.4 Å². The standard InChI is InChI=1S/C22H26N4O/c1-3-27-19-9-7-18(8-10-19)15-25-11-13-26(14-12-25)22-20-6-4-5-17(2)21(20)23-16-24-22/h4-10,16H,3,11-15H2,1-2H3. The second-order valence-electron chi connectivity index (χ2n) is 7.01. The minimum absolute atomic E-state index is 0.707. The molecule has 140 valence electrons. The van der Waals surface area contributed by atoms with Crippen LogP contribution in [0.3, 0.4) is 0 Å². The van der Waals surface area contributed by atoms with E-state index >= 15 is 0 Å². The van der Waals surface area contributed by atoms with Crippen LogP contribution < -0.4 is 9.64 Å². The quantitative estimate of drug-likeness (QED) is 0.693. The fourth-order valence-electron chi connectivity index (χ4n) is 3.71. The lowest BCUT2D eigenvalue weighted by molar-refractivity contribution is 0.249. The van der Waals surface area contributed by atoms with Crippen molar-refractivity contribution < 1.29 is 4.74 Å². The first-order valence-electron chi connectivity index (χ1n) is 9.64. The maximum Gasteiger partial charge on any atom is 0.139 e. The SMILES string of the molecule is CCOc1ccc(CN2CCN(c3ncnc4c(C)cccc34)CC2)cc1. The Labute approximate surface area is 160 Å². The molecule has 0 saturated carbocycles. The van der Waals surface area contributed by atoms with Crippen LogP contribution in [0, 0.1) is 6.92 Å². The van der Waals surface area contributed by atoms with Crippen molar-refractivity contribution in [1.82, 2.24) is 14.9 Å². The molecule has 1 fully saturated rings. The Morgan fingerprint density at radius 1 is 0.963 bits per heavy atom. The molecule has 3 aromatic rings. The molecular formula is C22H26N4O. The zero-order chi connectivity index (χ0) is 18.6. The molecular weight excluding hydrogens is 336 g/mol. The Balaban J connectivity index is 1.41. The second kappa shape index (κ2) is 7.92. The number of piperazine rings is 1. The van der Waals surface area contributed by atoms with Crippen molar-refractivity contribution >= 4 is 16.7 Å². The smallest absolute Gasteiger partial charge is 0.139 e. The molecule has 5 heteroatoms. The van der Waals surface area contributed by atoms with Crippen molar-refractivity contribution in [2.24, 2.45) is 0 Å². The van der Waals surface area contributed by atoms with Crippen LogP contribution in [0.2, 0.25) is 0 Å². The highest BCUT2D eigenvalue weighted by Gasteiger charge is 2.20. The van der Waals surface area contributed by atoms with Crippen molar-refractivity contribution in [1.29, 1.82) is 0 Å². The minimum Gasteiger partial charge on any atom is -0.494 e. The van der Waals surface area contributed by atoms with Gasteiger partial charge in [-0.3, -0.25) is 4.90 Å². The molecule has 2 aromatic carbocycles. The minimum atomic E-state index is 0.707. The Bertz CT molecular complexity index is 902. The monoisotopic (exact) mass is 362 g/mol. The fraction of sp³-hybridized carbons (Fsp3) is 0.364. The zero-order valence-corrected chi connectivity index (χ0v) is 16.1. The molecule has 1 aromatic heterocycles. The summed E-state index contributed by atoms with van der Waals surface area (Å²) >= 11 is 0. The topological polar surface area (TPSA) is 41.5 Å². The van der Waals surface area contributed by atoms with Crippen molar-refractivity contribution in [3.05, 3.63) is 59.9 Å². The van der Waals surface area contributed by atoms with Crippen LogP contribution in [-0.2, 0) is 6.54 Å². The van der Waals surface area contributed by atoms with E-state index in [0.29, 0.717) is 6.61 Å². The molecule has 27 heavy (non-hydrogen) atoms. The van der Waals surface area contributed by atoms with E-state index in [-0.39, 0.29) is 0 Å². The molecule has 1 aliphatic rings. The van der Waals surface area contributed by atoms with Crippen LogP contribution in [0.5, 0.6) is 5.75 Å². The summed E-state index contributed by atoms with van der Waals surface area (Å²) in [5.74, 6) is 2.00. The highest BCUT2D eigenvalue weighted by atomic mass is 16.5. The van der Waals surface area contributed by atoms with Gasteiger partial charge in [0, 0.05) is 38.1 Å². The average molecular weight is 362 g/mol. The highest BCUT2D eigenvalue weighted by Crippen LogP contribution is 2.26. The summed E-state index contributed by atoms with van der Waals surface area (Å²) in [6.45, 7) is 9.83. The first kappa shape index (κ1) is 17.7. The number of aromatic nitrogens is 2. The third kappa shape index (κ3) is 3.88. The normalized spacial score (nSPS) is 15.3. The summed E-state index contributed by atoms with van der Waals surface area (Å²) in [6.07, 6.45) is 1.69. The van der Waals surface area contributed by atoms with Gasteiger partial charge < -0.3 is 9.64 Å². The van der Waals surface area contributed by atoms with Crippen LogP contribution in [0.15, 0.2) is 48.8 Å². The van der Waals surface area contributed by atoms with Crippen molar-refractivity contribution in [3.63, 3.8) is 0 Å². The van der Waals surface area contributed by atoms with Gasteiger partial charge in [0.25, 0.3) is 0 Å². The predicted octanol–water partition coefficient (Wildman–Crippen LogP) is 3.66. The van der Waals surface area contributed by atoms with E-state index < -0.39 is 0 Å². The van der Waals surface area contributed by atoms with Gasteiger partial charge in [-0.1, -0.05) is 24.3 Å². The van der Waals surface area contributed by atoms with Crippen LogP contribution >= 0.6 is 0 Å². The molecule has 0 unspecified atom stereocenters. The summed E-state index contributed by atoms with van der Waals surface area (Å²) in [6, 6.07) is 14.8. The molecule has 2 heterocycles. The van der Waals surface area contributed by atoms with E-state index in [1.165, 1.54) is 11.1 Å². The van der Waals surface area contributed by atoms with E-state index in [4.69, 9.17) is 4.74 Å². The molecule has 4 rings (SSSR count). The van der Waals surface area contributed by atoms with Crippen LogP contribution in [-0.4, -0.2) is 47.7 Å². The number of aryl methyl sites for hydroxylation is 1. The van der Waals surface area contributed by atoms with Crippen LogP contribution in [0.1, 0.15) is 18.1 Å². The molecule has 0 radical (unpaired) electrons. The van der Waals surface area contributed by atoms with E-state index in [1.807, 2.05) is 6.92 Å². The van der Waals surface area contributed by atoms with Gasteiger partial charge >= 0.3 is 0 Å². The van der Waals surface area contributed by atoms with E-state index in [1.54, 1.807) is 6.33 Å². The molecule has 5 nitrogen and oxygen atoms in total. The van der Waals surface area contributed by atoms with Crippen LogP contribution in [0.25, 0.3) is 10.9 Å². The summed E-state index contributed by atoms with van der Waals surface area (Å²) in [5.41, 5.74) is 3.58. The molecule has 0 spiro atoms. The lowest BCUT2D eigenvalue weighted by Gasteiger charge is -2.35. The first-order chi connectivity index (χ1) is 13.2. The highest BCUT2D eigenvalue weighted by molar-refractivity contribution is 5.91. The molecule has 0 N–H and O–H groups in total. The first-order valence-corrected chi connectivity index (χ1v) is 9.64. The summed E-state index contributed by atoms with van der Waals surface area (Å²) in [7, 11) is 0. The van der Waals surface area contributed by atoms with Crippen molar-refractivity contribution in [2.75, 3.05) is 37.7 Å². The third-order valence-electron chi connectivity index (χ3n) is 5.16. The largest absolute Gasteiger partial charge is 0.494 e.